The molecule has 0 heterocycles. The number of benzene rings is 1. The summed E-state index contributed by atoms with van der Waals surface area (Å²) in [6, 6.07) is 6.46. The molecule has 0 saturated heterocycles. The van der Waals surface area contributed by atoms with Gasteiger partial charge in [0.15, 0.2) is 0 Å². The van der Waals surface area contributed by atoms with Crippen LogP contribution in [0.25, 0.3) is 0 Å². The Kier molecular flexibility index (Phi) is 7.71. The molecule has 0 aliphatic heterocycles. The highest BCUT2D eigenvalue weighted by Crippen LogP contribution is 2.16. The molecule has 0 saturated carbocycles. The van der Waals surface area contributed by atoms with Crippen LogP contribution >= 0.6 is 0 Å². The molecule has 21 heavy (non-hydrogen) atoms. The zero-order chi connectivity index (χ0) is 15.7. The minimum Gasteiger partial charge on any atom is -0.494 e. The van der Waals surface area contributed by atoms with E-state index in [0.29, 0.717) is 12.4 Å². The van der Waals surface area contributed by atoms with Gasteiger partial charge in [-0.2, -0.15) is 0 Å². The molecule has 1 rings (SSSR count). The lowest BCUT2D eigenvalue weighted by Gasteiger charge is -2.12. The van der Waals surface area contributed by atoms with Gasteiger partial charge in [0.2, 0.25) is 10.0 Å². The van der Waals surface area contributed by atoms with Crippen molar-refractivity contribution in [3.05, 3.63) is 24.3 Å². The third kappa shape index (κ3) is 6.46. The molecule has 1 atom stereocenters. The normalized spacial score (nSPS) is 13.1. The number of nitrogens with one attached hydrogen (secondary N) is 2. The third-order valence-electron chi connectivity index (χ3n) is 3.12. The second kappa shape index (κ2) is 9.02. The van der Waals surface area contributed by atoms with Crippen molar-refractivity contribution < 1.29 is 13.2 Å². The van der Waals surface area contributed by atoms with Crippen LogP contribution in [0.4, 0.5) is 0 Å². The highest BCUT2D eigenvalue weighted by molar-refractivity contribution is 7.89. The number of hydrogen-bond acceptors (Lipinski definition) is 4. The highest BCUT2D eigenvalue weighted by atomic mass is 32.2. The van der Waals surface area contributed by atoms with Gasteiger partial charge < -0.3 is 10.1 Å². The van der Waals surface area contributed by atoms with Crippen LogP contribution in [0, 0.1) is 0 Å². The van der Waals surface area contributed by atoms with Gasteiger partial charge >= 0.3 is 0 Å². The summed E-state index contributed by atoms with van der Waals surface area (Å²) in [5, 5.41) is 3.22. The van der Waals surface area contributed by atoms with Gasteiger partial charge in [0, 0.05) is 6.04 Å². The fraction of sp³-hybridized carbons (Fsp3) is 0.600. The Morgan fingerprint density at radius 2 is 1.86 bits per heavy atom. The molecule has 0 fully saturated rings. The fourth-order valence-corrected chi connectivity index (χ4v) is 3.02. The van der Waals surface area contributed by atoms with Crippen molar-refractivity contribution in [1.82, 2.24) is 10.0 Å². The van der Waals surface area contributed by atoms with Crippen LogP contribution in [0.1, 0.15) is 33.6 Å². The van der Waals surface area contributed by atoms with E-state index in [1.54, 1.807) is 24.3 Å². The molecule has 1 unspecified atom stereocenters. The molecule has 0 spiro atoms. The first-order chi connectivity index (χ1) is 9.99. The maximum absolute atomic E-state index is 12.1. The molecule has 5 nitrogen and oxygen atoms in total. The lowest BCUT2D eigenvalue weighted by atomic mass is 10.3. The van der Waals surface area contributed by atoms with E-state index in [4.69, 9.17) is 4.74 Å². The summed E-state index contributed by atoms with van der Waals surface area (Å²) in [5.74, 6) is 0.689. The topological polar surface area (TPSA) is 67.4 Å². The van der Waals surface area contributed by atoms with Crippen molar-refractivity contribution in [2.24, 2.45) is 0 Å². The third-order valence-corrected chi connectivity index (χ3v) is 4.72. The maximum atomic E-state index is 12.1. The maximum Gasteiger partial charge on any atom is 0.240 e. The highest BCUT2D eigenvalue weighted by Gasteiger charge is 2.16. The van der Waals surface area contributed by atoms with Crippen LogP contribution in [-0.4, -0.2) is 34.2 Å². The molecule has 0 amide bonds. The van der Waals surface area contributed by atoms with E-state index in [-0.39, 0.29) is 10.9 Å². The van der Waals surface area contributed by atoms with Crippen LogP contribution in [-0.2, 0) is 10.0 Å². The largest absolute Gasteiger partial charge is 0.494 e. The van der Waals surface area contributed by atoms with Crippen molar-refractivity contribution >= 4 is 10.0 Å². The quantitative estimate of drug-likeness (QED) is 0.649. The summed E-state index contributed by atoms with van der Waals surface area (Å²) in [6.45, 7) is 8.34. The van der Waals surface area contributed by atoms with Crippen LogP contribution in [0.15, 0.2) is 29.2 Å². The van der Waals surface area contributed by atoms with Gasteiger partial charge in [-0.25, -0.2) is 13.1 Å². The van der Waals surface area contributed by atoms with Crippen molar-refractivity contribution in [3.8, 4) is 5.75 Å². The van der Waals surface area contributed by atoms with Gasteiger partial charge in [-0.05, 0) is 57.1 Å². The van der Waals surface area contributed by atoms with E-state index in [1.807, 2.05) is 13.8 Å². The Hall–Kier alpha value is -1.11. The molecule has 1 aromatic carbocycles. The first kappa shape index (κ1) is 17.9. The minimum absolute atomic E-state index is 0.0722. The first-order valence-electron chi connectivity index (χ1n) is 7.45. The molecular weight excluding hydrogens is 288 g/mol. The van der Waals surface area contributed by atoms with Crippen LogP contribution in [0.3, 0.4) is 0 Å². The smallest absolute Gasteiger partial charge is 0.240 e. The molecule has 120 valence electrons. The Morgan fingerprint density at radius 1 is 1.19 bits per heavy atom. The Bertz CT molecular complexity index is 500. The summed E-state index contributed by atoms with van der Waals surface area (Å²) >= 11 is 0. The van der Waals surface area contributed by atoms with E-state index in [2.05, 4.69) is 17.0 Å². The lowest BCUT2D eigenvalue weighted by Crippen LogP contribution is -2.31. The molecule has 0 aliphatic carbocycles. The number of hydrogen-bond donors (Lipinski definition) is 2. The number of rotatable bonds is 10. The van der Waals surface area contributed by atoms with Crippen molar-refractivity contribution in [3.63, 3.8) is 0 Å². The Morgan fingerprint density at radius 3 is 2.43 bits per heavy atom. The minimum atomic E-state index is -3.44. The molecule has 0 radical (unpaired) electrons. The van der Waals surface area contributed by atoms with Gasteiger partial charge in [-0.3, -0.25) is 0 Å². The summed E-state index contributed by atoms with van der Waals surface area (Å²) in [7, 11) is -3.44. The summed E-state index contributed by atoms with van der Waals surface area (Å²) in [5.41, 5.74) is 0. The SMILES string of the molecule is CCNCCCOc1ccc(S(=O)(=O)NC(C)CC)cc1. The number of ether oxygens (including phenoxy) is 1. The van der Waals surface area contributed by atoms with Crippen LogP contribution in [0.2, 0.25) is 0 Å². The van der Waals surface area contributed by atoms with Crippen molar-refractivity contribution in [1.29, 1.82) is 0 Å². The second-order valence-electron chi connectivity index (χ2n) is 4.96. The van der Waals surface area contributed by atoms with Gasteiger partial charge in [0.1, 0.15) is 5.75 Å². The summed E-state index contributed by atoms with van der Waals surface area (Å²) in [6.07, 6.45) is 1.68. The number of sulfonamides is 1. The van der Waals surface area contributed by atoms with E-state index in [1.165, 1.54) is 0 Å². The molecule has 0 aliphatic rings. The Labute approximate surface area is 128 Å². The zero-order valence-corrected chi connectivity index (χ0v) is 13.9. The van der Waals surface area contributed by atoms with Crippen molar-refractivity contribution in [2.75, 3.05) is 19.7 Å². The van der Waals surface area contributed by atoms with Crippen LogP contribution < -0.4 is 14.8 Å². The fourth-order valence-electron chi connectivity index (χ4n) is 1.70. The predicted molar refractivity (Wildman–Crippen MR) is 85.2 cm³/mol. The Balaban J connectivity index is 2.53. The van der Waals surface area contributed by atoms with Gasteiger partial charge in [-0.15, -0.1) is 0 Å². The molecule has 0 aromatic heterocycles. The van der Waals surface area contributed by atoms with Crippen LogP contribution in [0.5, 0.6) is 5.75 Å². The van der Waals surface area contributed by atoms with Gasteiger partial charge in [0.05, 0.1) is 11.5 Å². The summed E-state index contributed by atoms with van der Waals surface area (Å²) in [4.78, 5) is 0.266. The van der Waals surface area contributed by atoms with Crippen molar-refractivity contribution in [2.45, 2.75) is 44.6 Å². The van der Waals surface area contributed by atoms with Gasteiger partial charge in [-0.1, -0.05) is 13.8 Å². The average Bonchev–Trinajstić information content (AvgIpc) is 2.47. The first-order valence-corrected chi connectivity index (χ1v) is 8.93. The summed E-state index contributed by atoms with van der Waals surface area (Å²) < 4.78 is 32.4. The van der Waals surface area contributed by atoms with E-state index in [0.717, 1.165) is 25.9 Å². The van der Waals surface area contributed by atoms with E-state index < -0.39 is 10.0 Å². The van der Waals surface area contributed by atoms with E-state index >= 15 is 0 Å². The van der Waals surface area contributed by atoms with E-state index in [9.17, 15) is 8.42 Å². The van der Waals surface area contributed by atoms with Gasteiger partial charge in [0.25, 0.3) is 0 Å². The predicted octanol–water partition coefficient (Wildman–Crippen LogP) is 2.14. The lowest BCUT2D eigenvalue weighted by molar-refractivity contribution is 0.308. The monoisotopic (exact) mass is 314 g/mol. The molecule has 2 N–H and O–H groups in total. The molecule has 0 bridgehead atoms. The molecule has 1 aromatic rings. The zero-order valence-electron chi connectivity index (χ0n) is 13.1. The second-order valence-corrected chi connectivity index (χ2v) is 6.67. The molecule has 6 heteroatoms. The average molecular weight is 314 g/mol. The standard InChI is InChI=1S/C15H26N2O3S/c1-4-13(3)17-21(18,19)15-9-7-14(8-10-15)20-12-6-11-16-5-2/h7-10,13,16-17H,4-6,11-12H2,1-3H3. The molecular formula is C15H26N2O3S.